The molecule has 1 atom stereocenters. The molecule has 0 saturated carbocycles. The predicted octanol–water partition coefficient (Wildman–Crippen LogP) is 3.10. The number of benzene rings is 1. The van der Waals surface area contributed by atoms with Crippen molar-refractivity contribution in [2.24, 2.45) is 0 Å². The summed E-state index contributed by atoms with van der Waals surface area (Å²) in [5.74, 6) is -0.299. The number of hydrogen-bond acceptors (Lipinski definition) is 3. The molecule has 1 amide bonds. The van der Waals surface area contributed by atoms with E-state index < -0.39 is 4.92 Å². The summed E-state index contributed by atoms with van der Waals surface area (Å²) in [6.45, 7) is 2.41. The number of carbonyl (C=O) groups is 1. The van der Waals surface area contributed by atoms with Gasteiger partial charge in [-0.3, -0.25) is 14.9 Å². The normalized spacial score (nSPS) is 12.0. The lowest BCUT2D eigenvalue weighted by atomic mass is 10.1. The minimum absolute atomic E-state index is 0.139. The van der Waals surface area contributed by atoms with Crippen molar-refractivity contribution in [2.45, 2.75) is 11.8 Å². The molecule has 0 fully saturated rings. The Bertz CT molecular complexity index is 479. The second kappa shape index (κ2) is 6.15. The van der Waals surface area contributed by atoms with Crippen molar-refractivity contribution < 1.29 is 9.72 Å². The molecule has 98 valence electrons. The zero-order valence-corrected chi connectivity index (χ0v) is 12.2. The van der Waals surface area contributed by atoms with Gasteiger partial charge < -0.3 is 4.90 Å². The molecule has 1 unspecified atom stereocenters. The van der Waals surface area contributed by atoms with E-state index in [9.17, 15) is 14.9 Å². The van der Waals surface area contributed by atoms with Gasteiger partial charge in [0.1, 0.15) is 0 Å². The highest BCUT2D eigenvalue weighted by molar-refractivity contribution is 9.09. The third kappa shape index (κ3) is 3.96. The van der Waals surface area contributed by atoms with Crippen LogP contribution in [-0.4, -0.2) is 34.2 Å². The largest absolute Gasteiger partial charge is 0.341 e. The minimum Gasteiger partial charge on any atom is -0.341 e. The van der Waals surface area contributed by atoms with Crippen molar-refractivity contribution in [2.75, 3.05) is 13.6 Å². The molecule has 5 nitrogen and oxygen atoms in total. The van der Waals surface area contributed by atoms with Gasteiger partial charge in [0.05, 0.1) is 4.92 Å². The molecule has 1 aromatic rings. The summed E-state index contributed by atoms with van der Waals surface area (Å²) in [5.41, 5.74) is 0.0241. The maximum Gasteiger partial charge on any atom is 0.271 e. The number of carbonyl (C=O) groups excluding carboxylic acids is 1. The lowest BCUT2D eigenvalue weighted by Crippen LogP contribution is -2.31. The van der Waals surface area contributed by atoms with Crippen molar-refractivity contribution in [1.29, 1.82) is 0 Å². The number of hydrogen-bond donors (Lipinski definition) is 0. The van der Waals surface area contributed by atoms with Crippen LogP contribution in [0.3, 0.4) is 0 Å². The SMILES string of the molecule is CC(Br)CN(C)C(=O)c1cc(Cl)cc([N+](=O)[O-])c1. The van der Waals surface area contributed by atoms with Gasteiger partial charge in [0, 0.05) is 41.1 Å². The standard InChI is InChI=1S/C11H12BrClN2O3/c1-7(12)6-14(2)11(16)8-3-9(13)5-10(4-8)15(17)18/h3-5,7H,6H2,1-2H3. The van der Waals surface area contributed by atoms with Gasteiger partial charge in [-0.05, 0) is 6.07 Å². The molecule has 0 spiro atoms. The summed E-state index contributed by atoms with van der Waals surface area (Å²) >= 11 is 9.10. The molecular weight excluding hydrogens is 323 g/mol. The van der Waals surface area contributed by atoms with Crippen molar-refractivity contribution in [1.82, 2.24) is 4.90 Å². The molecular formula is C11H12BrClN2O3. The minimum atomic E-state index is -0.574. The van der Waals surface area contributed by atoms with Crippen LogP contribution in [0.15, 0.2) is 18.2 Å². The fourth-order valence-electron chi connectivity index (χ4n) is 1.48. The number of halogens is 2. The van der Waals surface area contributed by atoms with Crippen molar-refractivity contribution in [3.05, 3.63) is 38.9 Å². The Morgan fingerprint density at radius 3 is 2.67 bits per heavy atom. The molecule has 1 aromatic carbocycles. The van der Waals surface area contributed by atoms with E-state index in [0.717, 1.165) is 0 Å². The summed E-state index contributed by atoms with van der Waals surface area (Å²) < 4.78 is 0. The van der Waals surface area contributed by atoms with Gasteiger partial charge in [0.2, 0.25) is 0 Å². The maximum atomic E-state index is 12.0. The Morgan fingerprint density at radius 2 is 2.17 bits per heavy atom. The Balaban J connectivity index is 3.02. The second-order valence-electron chi connectivity index (χ2n) is 3.92. The van der Waals surface area contributed by atoms with E-state index in [0.29, 0.717) is 6.54 Å². The van der Waals surface area contributed by atoms with Crippen molar-refractivity contribution in [3.8, 4) is 0 Å². The number of nitrogens with zero attached hydrogens (tertiary/aromatic N) is 2. The Hall–Kier alpha value is -1.14. The molecule has 0 bridgehead atoms. The number of non-ortho nitro benzene ring substituents is 1. The number of amides is 1. The first-order chi connectivity index (χ1) is 8.31. The molecule has 0 N–H and O–H groups in total. The average Bonchev–Trinajstić information content (AvgIpc) is 2.26. The summed E-state index contributed by atoms with van der Waals surface area (Å²) in [6.07, 6.45) is 0. The molecule has 0 aromatic heterocycles. The van der Waals surface area contributed by atoms with Crippen LogP contribution in [0.4, 0.5) is 5.69 Å². The Morgan fingerprint density at radius 1 is 1.56 bits per heavy atom. The van der Waals surface area contributed by atoms with Crippen LogP contribution in [0.2, 0.25) is 5.02 Å². The molecule has 0 saturated heterocycles. The third-order valence-corrected chi connectivity index (χ3v) is 2.72. The predicted molar refractivity (Wildman–Crippen MR) is 73.5 cm³/mol. The lowest BCUT2D eigenvalue weighted by Gasteiger charge is -2.18. The molecule has 7 heteroatoms. The maximum absolute atomic E-state index is 12.0. The molecule has 18 heavy (non-hydrogen) atoms. The van der Waals surface area contributed by atoms with Crippen LogP contribution < -0.4 is 0 Å². The van der Waals surface area contributed by atoms with Crippen LogP contribution in [0.25, 0.3) is 0 Å². The lowest BCUT2D eigenvalue weighted by molar-refractivity contribution is -0.384. The average molecular weight is 336 g/mol. The van der Waals surface area contributed by atoms with Gasteiger partial charge in [-0.2, -0.15) is 0 Å². The van der Waals surface area contributed by atoms with E-state index in [-0.39, 0.29) is 27.0 Å². The monoisotopic (exact) mass is 334 g/mol. The number of alkyl halides is 1. The highest BCUT2D eigenvalue weighted by Crippen LogP contribution is 2.21. The Kier molecular flexibility index (Phi) is 5.10. The molecule has 0 radical (unpaired) electrons. The summed E-state index contributed by atoms with van der Waals surface area (Å²) in [6, 6.07) is 3.86. The van der Waals surface area contributed by atoms with E-state index in [1.54, 1.807) is 7.05 Å². The Labute approximate surface area is 118 Å². The van der Waals surface area contributed by atoms with Gasteiger partial charge in [-0.15, -0.1) is 0 Å². The summed E-state index contributed by atoms with van der Waals surface area (Å²) in [7, 11) is 1.63. The van der Waals surface area contributed by atoms with Crippen LogP contribution in [-0.2, 0) is 0 Å². The molecule has 0 aliphatic heterocycles. The molecule has 1 rings (SSSR count). The van der Waals surface area contributed by atoms with Gasteiger partial charge in [0.25, 0.3) is 11.6 Å². The fraction of sp³-hybridized carbons (Fsp3) is 0.364. The van der Waals surface area contributed by atoms with Crippen LogP contribution in [0.5, 0.6) is 0 Å². The smallest absolute Gasteiger partial charge is 0.271 e. The number of rotatable bonds is 4. The van der Waals surface area contributed by atoms with E-state index in [1.165, 1.54) is 23.1 Å². The van der Waals surface area contributed by atoms with E-state index in [2.05, 4.69) is 15.9 Å². The molecule has 0 aliphatic rings. The quantitative estimate of drug-likeness (QED) is 0.482. The summed E-state index contributed by atoms with van der Waals surface area (Å²) in [5, 5.41) is 10.9. The number of nitro benzene ring substituents is 1. The highest BCUT2D eigenvalue weighted by atomic mass is 79.9. The fourth-order valence-corrected chi connectivity index (χ4v) is 2.15. The van der Waals surface area contributed by atoms with Crippen molar-refractivity contribution in [3.63, 3.8) is 0 Å². The summed E-state index contributed by atoms with van der Waals surface area (Å²) in [4.78, 5) is 23.8. The van der Waals surface area contributed by atoms with Gasteiger partial charge in [-0.25, -0.2) is 0 Å². The van der Waals surface area contributed by atoms with Crippen LogP contribution in [0, 0.1) is 10.1 Å². The first-order valence-corrected chi connectivity index (χ1v) is 6.45. The van der Waals surface area contributed by atoms with Crippen LogP contribution in [0.1, 0.15) is 17.3 Å². The van der Waals surface area contributed by atoms with Gasteiger partial charge >= 0.3 is 0 Å². The zero-order valence-electron chi connectivity index (χ0n) is 9.89. The topological polar surface area (TPSA) is 63.5 Å². The first kappa shape index (κ1) is 14.9. The van der Waals surface area contributed by atoms with Gasteiger partial charge in [-0.1, -0.05) is 34.5 Å². The van der Waals surface area contributed by atoms with E-state index in [4.69, 9.17) is 11.6 Å². The van der Waals surface area contributed by atoms with E-state index in [1.807, 2.05) is 6.92 Å². The zero-order chi connectivity index (χ0) is 13.9. The molecule has 0 heterocycles. The van der Waals surface area contributed by atoms with Crippen molar-refractivity contribution >= 4 is 39.1 Å². The second-order valence-corrected chi connectivity index (χ2v) is 5.92. The third-order valence-electron chi connectivity index (χ3n) is 2.21. The van der Waals surface area contributed by atoms with Crippen LogP contribution >= 0.6 is 27.5 Å². The van der Waals surface area contributed by atoms with E-state index >= 15 is 0 Å². The highest BCUT2D eigenvalue weighted by Gasteiger charge is 2.17. The van der Waals surface area contributed by atoms with Gasteiger partial charge in [0.15, 0.2) is 0 Å². The molecule has 0 aliphatic carbocycles. The number of nitro groups is 1. The first-order valence-electron chi connectivity index (χ1n) is 5.15.